The van der Waals surface area contributed by atoms with Crippen LogP contribution in [0.15, 0.2) is 24.4 Å². The molecule has 0 saturated carbocycles. The number of hydrogen-bond donors (Lipinski definition) is 0. The molecule has 5 nitrogen and oxygen atoms in total. The minimum absolute atomic E-state index is 0.483. The van der Waals surface area contributed by atoms with Gasteiger partial charge in [0.15, 0.2) is 11.5 Å². The summed E-state index contributed by atoms with van der Waals surface area (Å²) in [4.78, 5) is 9.89. The lowest BCUT2D eigenvalue weighted by atomic mass is 10.2. The van der Waals surface area contributed by atoms with Crippen molar-refractivity contribution in [3.8, 4) is 11.5 Å². The molecule has 0 aliphatic carbocycles. The monoisotopic (exact) mass is 293 g/mol. The van der Waals surface area contributed by atoms with Crippen molar-refractivity contribution in [2.45, 2.75) is 39.5 Å². The van der Waals surface area contributed by atoms with Crippen LogP contribution in [-0.2, 0) is 0 Å². The van der Waals surface area contributed by atoms with Crippen molar-refractivity contribution in [1.29, 1.82) is 0 Å². The lowest BCUT2D eigenvalue weighted by molar-refractivity contribution is -0.400. The Morgan fingerprint density at radius 3 is 2.29 bits per heavy atom. The summed E-state index contributed by atoms with van der Waals surface area (Å²) in [6, 6.07) is 5.36. The van der Waals surface area contributed by atoms with Crippen molar-refractivity contribution in [3.05, 3.63) is 40.1 Å². The van der Waals surface area contributed by atoms with Gasteiger partial charge in [-0.15, -0.1) is 0 Å². The van der Waals surface area contributed by atoms with Gasteiger partial charge in [-0.2, -0.15) is 0 Å². The summed E-state index contributed by atoms with van der Waals surface area (Å²) >= 11 is 0. The molecule has 5 heteroatoms. The molecular formula is C16H23NO4. The van der Waals surface area contributed by atoms with Crippen LogP contribution in [0.1, 0.15) is 45.1 Å². The molecule has 0 saturated heterocycles. The molecule has 0 radical (unpaired) electrons. The normalized spacial score (nSPS) is 10.8. The molecule has 0 bridgehead atoms. The molecule has 0 aliphatic heterocycles. The zero-order chi connectivity index (χ0) is 15.5. The zero-order valence-electron chi connectivity index (χ0n) is 12.7. The third kappa shape index (κ3) is 6.79. The van der Waals surface area contributed by atoms with E-state index in [9.17, 15) is 10.1 Å². The van der Waals surface area contributed by atoms with Crippen molar-refractivity contribution in [2.24, 2.45) is 0 Å². The molecule has 0 atom stereocenters. The highest BCUT2D eigenvalue weighted by Crippen LogP contribution is 2.29. The van der Waals surface area contributed by atoms with Gasteiger partial charge in [-0.1, -0.05) is 32.8 Å². The largest absolute Gasteiger partial charge is 0.490 e. The first kappa shape index (κ1) is 17.0. The second-order valence-electron chi connectivity index (χ2n) is 4.71. The Labute approximate surface area is 125 Å². The molecule has 0 aliphatic rings. The average molecular weight is 293 g/mol. The van der Waals surface area contributed by atoms with E-state index in [0.29, 0.717) is 24.7 Å². The van der Waals surface area contributed by atoms with Crippen molar-refractivity contribution in [1.82, 2.24) is 0 Å². The quantitative estimate of drug-likeness (QED) is 0.367. The van der Waals surface area contributed by atoms with Crippen LogP contribution >= 0.6 is 0 Å². The number of unbranched alkanes of at least 4 members (excludes halogenated alkanes) is 2. The summed E-state index contributed by atoms with van der Waals surface area (Å²) < 4.78 is 11.4. The predicted octanol–water partition coefficient (Wildman–Crippen LogP) is 4.29. The van der Waals surface area contributed by atoms with E-state index < -0.39 is 4.92 Å². The Morgan fingerprint density at radius 1 is 1.10 bits per heavy atom. The predicted molar refractivity (Wildman–Crippen MR) is 83.3 cm³/mol. The van der Waals surface area contributed by atoms with E-state index in [2.05, 4.69) is 13.8 Å². The van der Waals surface area contributed by atoms with E-state index in [4.69, 9.17) is 9.47 Å². The average Bonchev–Trinajstić information content (AvgIpc) is 2.47. The van der Waals surface area contributed by atoms with Crippen LogP contribution in [0.4, 0.5) is 0 Å². The zero-order valence-corrected chi connectivity index (χ0v) is 12.7. The third-order valence-electron chi connectivity index (χ3n) is 2.87. The van der Waals surface area contributed by atoms with Gasteiger partial charge >= 0.3 is 0 Å². The third-order valence-corrected chi connectivity index (χ3v) is 2.87. The number of rotatable bonds is 10. The van der Waals surface area contributed by atoms with Gasteiger partial charge < -0.3 is 9.47 Å². The fourth-order valence-electron chi connectivity index (χ4n) is 1.66. The molecule has 0 amide bonds. The van der Waals surface area contributed by atoms with Crippen LogP contribution in [-0.4, -0.2) is 18.1 Å². The summed E-state index contributed by atoms with van der Waals surface area (Å²) in [5.74, 6) is 1.34. The van der Waals surface area contributed by atoms with Gasteiger partial charge in [0.1, 0.15) is 0 Å². The maximum atomic E-state index is 10.4. The van der Waals surface area contributed by atoms with Gasteiger partial charge in [-0.05, 0) is 30.5 Å². The van der Waals surface area contributed by atoms with Crippen LogP contribution in [0.3, 0.4) is 0 Å². The first-order chi connectivity index (χ1) is 10.2. The first-order valence-corrected chi connectivity index (χ1v) is 7.38. The van der Waals surface area contributed by atoms with Crippen molar-refractivity contribution >= 4 is 6.08 Å². The van der Waals surface area contributed by atoms with E-state index >= 15 is 0 Å². The van der Waals surface area contributed by atoms with Crippen molar-refractivity contribution in [2.75, 3.05) is 13.2 Å². The molecular weight excluding hydrogens is 270 g/mol. The topological polar surface area (TPSA) is 61.6 Å². The van der Waals surface area contributed by atoms with Gasteiger partial charge in [0.2, 0.25) is 6.20 Å². The number of benzene rings is 1. The highest BCUT2D eigenvalue weighted by molar-refractivity contribution is 5.55. The Balaban J connectivity index is 2.82. The summed E-state index contributed by atoms with van der Waals surface area (Å²) in [7, 11) is 0. The standard InChI is InChI=1S/C16H23NO4/c1-3-5-11-20-15-8-7-14(9-10-17(18)19)13-16(15)21-12-6-4-2/h7-10,13H,3-6,11-12H2,1-2H3/b10-9+. The van der Waals surface area contributed by atoms with Crippen LogP contribution in [0, 0.1) is 10.1 Å². The minimum atomic E-state index is -0.483. The van der Waals surface area contributed by atoms with Crippen molar-refractivity contribution < 1.29 is 14.4 Å². The summed E-state index contributed by atoms with van der Waals surface area (Å²) in [5.41, 5.74) is 0.723. The number of nitro groups is 1. The highest BCUT2D eigenvalue weighted by atomic mass is 16.6. The summed E-state index contributed by atoms with van der Waals surface area (Å²) in [5, 5.41) is 10.4. The minimum Gasteiger partial charge on any atom is -0.490 e. The summed E-state index contributed by atoms with van der Waals surface area (Å²) in [6.07, 6.45) is 6.43. The first-order valence-electron chi connectivity index (χ1n) is 7.38. The molecule has 0 heterocycles. The van der Waals surface area contributed by atoms with Gasteiger partial charge in [-0.3, -0.25) is 10.1 Å². The second-order valence-corrected chi connectivity index (χ2v) is 4.71. The molecule has 1 aromatic carbocycles. The van der Waals surface area contributed by atoms with E-state index in [1.165, 1.54) is 6.08 Å². The summed E-state index contributed by atoms with van der Waals surface area (Å²) in [6.45, 7) is 5.46. The molecule has 0 fully saturated rings. The smallest absolute Gasteiger partial charge is 0.235 e. The van der Waals surface area contributed by atoms with Gasteiger partial charge in [0.25, 0.3) is 0 Å². The van der Waals surface area contributed by atoms with Crippen LogP contribution in [0.5, 0.6) is 11.5 Å². The second kappa shape index (κ2) is 9.80. The molecule has 0 unspecified atom stereocenters. The van der Waals surface area contributed by atoms with E-state index in [0.717, 1.165) is 37.4 Å². The molecule has 0 aromatic heterocycles. The van der Waals surface area contributed by atoms with Crippen LogP contribution < -0.4 is 9.47 Å². The van der Waals surface area contributed by atoms with Gasteiger partial charge in [0, 0.05) is 6.08 Å². The lowest BCUT2D eigenvalue weighted by Crippen LogP contribution is -2.02. The fraction of sp³-hybridized carbons (Fsp3) is 0.500. The van der Waals surface area contributed by atoms with Gasteiger partial charge in [0.05, 0.1) is 18.1 Å². The Morgan fingerprint density at radius 2 is 1.71 bits per heavy atom. The molecule has 21 heavy (non-hydrogen) atoms. The maximum Gasteiger partial charge on any atom is 0.235 e. The number of nitrogens with zero attached hydrogens (tertiary/aromatic N) is 1. The Bertz CT molecular complexity index is 471. The maximum absolute atomic E-state index is 10.4. The Kier molecular flexibility index (Phi) is 7.94. The van der Waals surface area contributed by atoms with Crippen LogP contribution in [0.25, 0.3) is 6.08 Å². The number of ether oxygens (including phenoxy) is 2. The van der Waals surface area contributed by atoms with E-state index in [-0.39, 0.29) is 0 Å². The molecule has 1 rings (SSSR count). The van der Waals surface area contributed by atoms with E-state index in [1.54, 1.807) is 18.2 Å². The van der Waals surface area contributed by atoms with Crippen molar-refractivity contribution in [3.63, 3.8) is 0 Å². The van der Waals surface area contributed by atoms with Crippen LogP contribution in [0.2, 0.25) is 0 Å². The SMILES string of the molecule is CCCCOc1ccc(/C=C/[N+](=O)[O-])cc1OCCCC. The molecule has 1 aromatic rings. The molecule has 0 N–H and O–H groups in total. The molecule has 116 valence electrons. The van der Waals surface area contributed by atoms with Gasteiger partial charge in [-0.25, -0.2) is 0 Å². The Hall–Kier alpha value is -2.04. The molecule has 0 spiro atoms. The highest BCUT2D eigenvalue weighted by Gasteiger charge is 2.06. The fourth-order valence-corrected chi connectivity index (χ4v) is 1.66. The number of hydrogen-bond acceptors (Lipinski definition) is 4. The lowest BCUT2D eigenvalue weighted by Gasteiger charge is -2.13. The van der Waals surface area contributed by atoms with E-state index in [1.807, 2.05) is 0 Å².